The van der Waals surface area contributed by atoms with Gasteiger partial charge in [-0.2, -0.15) is 0 Å². The largest absolute Gasteiger partial charge is 0.398 e. The van der Waals surface area contributed by atoms with Crippen molar-refractivity contribution in [3.63, 3.8) is 0 Å². The van der Waals surface area contributed by atoms with Crippen LogP contribution in [-0.2, 0) is 9.84 Å². The number of nitrogen functional groups attached to an aromatic ring is 1. The van der Waals surface area contributed by atoms with Gasteiger partial charge in [0.05, 0.1) is 16.3 Å². The topological polar surface area (TPSA) is 89.3 Å². The monoisotopic (exact) mass is 242 g/mol. The quantitative estimate of drug-likeness (QED) is 0.752. The first-order chi connectivity index (χ1) is 7.42. The Morgan fingerprint density at radius 2 is 2.06 bits per heavy atom. The molecular formula is C10H14N2O3S. The molecule has 0 fully saturated rings. The van der Waals surface area contributed by atoms with Gasteiger partial charge in [0.1, 0.15) is 0 Å². The van der Waals surface area contributed by atoms with Crippen LogP contribution in [0.3, 0.4) is 0 Å². The summed E-state index contributed by atoms with van der Waals surface area (Å²) in [5, 5.41) is 2.42. The lowest BCUT2D eigenvalue weighted by Crippen LogP contribution is -2.18. The zero-order valence-electron chi connectivity index (χ0n) is 9.15. The average Bonchev–Trinajstić information content (AvgIpc) is 2.28. The number of hydrogen-bond donors (Lipinski definition) is 2. The molecule has 0 saturated heterocycles. The Morgan fingerprint density at radius 1 is 1.44 bits per heavy atom. The summed E-state index contributed by atoms with van der Waals surface area (Å²) in [7, 11) is -1.92. The fourth-order valence-electron chi connectivity index (χ4n) is 1.24. The van der Waals surface area contributed by atoms with Gasteiger partial charge >= 0.3 is 0 Å². The molecule has 0 saturated carbocycles. The lowest BCUT2D eigenvalue weighted by atomic mass is 10.2. The van der Waals surface area contributed by atoms with Gasteiger partial charge in [-0.25, -0.2) is 8.42 Å². The van der Waals surface area contributed by atoms with E-state index < -0.39 is 9.84 Å². The minimum atomic E-state index is -3.40. The molecule has 0 aliphatic carbocycles. The number of hydrogen-bond acceptors (Lipinski definition) is 4. The van der Waals surface area contributed by atoms with Gasteiger partial charge in [-0.05, 0) is 18.2 Å². The third-order valence-electron chi connectivity index (χ3n) is 2.22. The van der Waals surface area contributed by atoms with E-state index >= 15 is 0 Å². The first kappa shape index (κ1) is 12.5. The van der Waals surface area contributed by atoms with Gasteiger partial charge in [-0.15, -0.1) is 0 Å². The highest BCUT2D eigenvalue weighted by molar-refractivity contribution is 7.91. The van der Waals surface area contributed by atoms with Crippen LogP contribution in [0.2, 0.25) is 0 Å². The number of carbonyl (C=O) groups excluding carboxylic acids is 1. The Morgan fingerprint density at radius 3 is 2.56 bits per heavy atom. The van der Waals surface area contributed by atoms with Crippen molar-refractivity contribution >= 4 is 21.4 Å². The molecule has 1 rings (SSSR count). The number of benzene rings is 1. The van der Waals surface area contributed by atoms with Crippen molar-refractivity contribution in [2.24, 2.45) is 0 Å². The van der Waals surface area contributed by atoms with Gasteiger partial charge in [0.25, 0.3) is 5.91 Å². The van der Waals surface area contributed by atoms with Crippen LogP contribution >= 0.6 is 0 Å². The van der Waals surface area contributed by atoms with Crippen molar-refractivity contribution in [2.75, 3.05) is 18.5 Å². The molecule has 0 aromatic heterocycles. The highest BCUT2D eigenvalue weighted by Crippen LogP contribution is 2.21. The highest BCUT2D eigenvalue weighted by atomic mass is 32.2. The summed E-state index contributed by atoms with van der Waals surface area (Å²) >= 11 is 0. The third-order valence-corrected chi connectivity index (χ3v) is 4.00. The van der Waals surface area contributed by atoms with E-state index in [0.29, 0.717) is 0 Å². The van der Waals surface area contributed by atoms with Crippen LogP contribution in [0.15, 0.2) is 23.1 Å². The minimum Gasteiger partial charge on any atom is -0.398 e. The Balaban J connectivity index is 3.36. The zero-order valence-corrected chi connectivity index (χ0v) is 9.97. The first-order valence-electron chi connectivity index (χ1n) is 4.76. The Kier molecular flexibility index (Phi) is 3.54. The molecule has 16 heavy (non-hydrogen) atoms. The van der Waals surface area contributed by atoms with Gasteiger partial charge in [-0.3, -0.25) is 4.79 Å². The molecule has 0 aliphatic heterocycles. The molecule has 3 N–H and O–H groups in total. The second kappa shape index (κ2) is 4.52. The third kappa shape index (κ3) is 2.33. The van der Waals surface area contributed by atoms with Crippen molar-refractivity contribution in [3.8, 4) is 0 Å². The van der Waals surface area contributed by atoms with E-state index in [1.54, 1.807) is 0 Å². The lowest BCUT2D eigenvalue weighted by molar-refractivity contribution is 0.0963. The molecule has 5 nitrogen and oxygen atoms in total. The molecular weight excluding hydrogens is 228 g/mol. The van der Waals surface area contributed by atoms with Crippen LogP contribution in [0.4, 0.5) is 5.69 Å². The molecule has 6 heteroatoms. The average molecular weight is 242 g/mol. The Bertz CT molecular complexity index is 509. The molecule has 1 aromatic carbocycles. The maximum Gasteiger partial charge on any atom is 0.251 e. The summed E-state index contributed by atoms with van der Waals surface area (Å²) in [5.41, 5.74) is 6.02. The Labute approximate surface area is 94.6 Å². The van der Waals surface area contributed by atoms with Crippen molar-refractivity contribution in [1.82, 2.24) is 5.32 Å². The number of rotatable bonds is 3. The number of sulfone groups is 1. The maximum absolute atomic E-state index is 11.7. The molecule has 88 valence electrons. The molecule has 0 spiro atoms. The summed E-state index contributed by atoms with van der Waals surface area (Å²) in [6.45, 7) is 1.53. The second-order valence-electron chi connectivity index (χ2n) is 3.24. The zero-order chi connectivity index (χ0) is 12.3. The predicted octanol–water partition coefficient (Wildman–Crippen LogP) is 0.422. The number of nitrogens with one attached hydrogen (secondary N) is 1. The number of anilines is 1. The normalized spacial score (nSPS) is 11.1. The summed E-state index contributed by atoms with van der Waals surface area (Å²) in [6.07, 6.45) is 0. The van der Waals surface area contributed by atoms with E-state index in [1.165, 1.54) is 32.2 Å². The summed E-state index contributed by atoms with van der Waals surface area (Å²) in [6, 6.07) is 4.21. The summed E-state index contributed by atoms with van der Waals surface area (Å²) in [4.78, 5) is 11.4. The minimum absolute atomic E-state index is 0.0103. The van der Waals surface area contributed by atoms with Crippen molar-refractivity contribution in [2.45, 2.75) is 11.8 Å². The predicted molar refractivity (Wildman–Crippen MR) is 62.0 cm³/mol. The van der Waals surface area contributed by atoms with Crippen LogP contribution in [0.5, 0.6) is 0 Å². The van der Waals surface area contributed by atoms with Crippen LogP contribution < -0.4 is 11.1 Å². The number of amides is 1. The highest BCUT2D eigenvalue weighted by Gasteiger charge is 2.17. The van der Waals surface area contributed by atoms with E-state index in [2.05, 4.69) is 5.32 Å². The lowest BCUT2D eigenvalue weighted by Gasteiger charge is -2.07. The van der Waals surface area contributed by atoms with Crippen LogP contribution in [0, 0.1) is 0 Å². The number of carbonyl (C=O) groups is 1. The Hall–Kier alpha value is -1.56. The fraction of sp³-hybridized carbons (Fsp3) is 0.300. The second-order valence-corrected chi connectivity index (χ2v) is 5.48. The molecule has 0 heterocycles. The molecule has 0 atom stereocenters. The molecule has 0 radical (unpaired) electrons. The molecule has 1 amide bonds. The summed E-state index contributed by atoms with van der Waals surface area (Å²) < 4.78 is 23.3. The van der Waals surface area contributed by atoms with Gasteiger partial charge in [0, 0.05) is 12.6 Å². The van der Waals surface area contributed by atoms with Gasteiger partial charge in [0.2, 0.25) is 0 Å². The molecule has 0 aliphatic rings. The van der Waals surface area contributed by atoms with E-state index in [1.807, 2.05) is 0 Å². The van der Waals surface area contributed by atoms with E-state index in [-0.39, 0.29) is 27.8 Å². The van der Waals surface area contributed by atoms with Crippen LogP contribution in [0.1, 0.15) is 17.3 Å². The molecule has 0 bridgehead atoms. The van der Waals surface area contributed by atoms with Crippen LogP contribution in [-0.4, -0.2) is 27.1 Å². The van der Waals surface area contributed by atoms with Crippen molar-refractivity contribution in [3.05, 3.63) is 23.8 Å². The van der Waals surface area contributed by atoms with Crippen LogP contribution in [0.25, 0.3) is 0 Å². The van der Waals surface area contributed by atoms with Crippen molar-refractivity contribution < 1.29 is 13.2 Å². The standard InChI is InChI=1S/C10H14N2O3S/c1-3-16(14,15)9-6-7(10(13)12-2)4-5-8(9)11/h4-6H,3,11H2,1-2H3,(H,12,13). The maximum atomic E-state index is 11.7. The van der Waals surface area contributed by atoms with E-state index in [4.69, 9.17) is 5.73 Å². The first-order valence-corrected chi connectivity index (χ1v) is 6.42. The molecule has 0 unspecified atom stereocenters. The summed E-state index contributed by atoms with van der Waals surface area (Å²) in [5.74, 6) is -0.387. The smallest absolute Gasteiger partial charge is 0.251 e. The fourth-order valence-corrected chi connectivity index (χ4v) is 2.29. The van der Waals surface area contributed by atoms with E-state index in [9.17, 15) is 13.2 Å². The van der Waals surface area contributed by atoms with Crippen molar-refractivity contribution in [1.29, 1.82) is 0 Å². The van der Waals surface area contributed by atoms with E-state index in [0.717, 1.165) is 0 Å². The van der Waals surface area contributed by atoms with Gasteiger partial charge in [0.15, 0.2) is 9.84 Å². The van der Waals surface area contributed by atoms with Gasteiger partial charge < -0.3 is 11.1 Å². The number of nitrogens with two attached hydrogens (primary N) is 1. The van der Waals surface area contributed by atoms with Gasteiger partial charge in [-0.1, -0.05) is 6.92 Å². The molecule has 1 aromatic rings. The SMILES string of the molecule is CCS(=O)(=O)c1cc(C(=O)NC)ccc1N.